The van der Waals surface area contributed by atoms with E-state index >= 15 is 0 Å². The number of benzene rings is 1. The first-order valence-corrected chi connectivity index (χ1v) is 8.41. The maximum atomic E-state index is 9.02. The Morgan fingerprint density at radius 2 is 1.56 bits per heavy atom. The van der Waals surface area contributed by atoms with Gasteiger partial charge in [0.15, 0.2) is 0 Å². The molecule has 0 unspecified atom stereocenters. The number of aromatic nitrogens is 4. The second-order valence-electron chi connectivity index (χ2n) is 5.52. The number of aliphatic hydroxyl groups is 1. The van der Waals surface area contributed by atoms with Crippen LogP contribution >= 0.6 is 0 Å². The SMILES string of the molecule is COc1ccc(Nc2nc(NCCO)nc(NCc3ccncc3)n2)cc1. The van der Waals surface area contributed by atoms with Gasteiger partial charge < -0.3 is 25.8 Å². The maximum absolute atomic E-state index is 9.02. The van der Waals surface area contributed by atoms with Crippen molar-refractivity contribution in [2.24, 2.45) is 0 Å². The second kappa shape index (κ2) is 9.30. The highest BCUT2D eigenvalue weighted by atomic mass is 16.5. The molecule has 0 aliphatic heterocycles. The topological polar surface area (TPSA) is 117 Å². The highest BCUT2D eigenvalue weighted by molar-refractivity contribution is 5.56. The molecule has 1 aromatic carbocycles. The van der Waals surface area contributed by atoms with Gasteiger partial charge in [-0.3, -0.25) is 4.98 Å². The first-order chi connectivity index (χ1) is 13.3. The Hall–Kier alpha value is -3.46. The summed E-state index contributed by atoms with van der Waals surface area (Å²) in [6.45, 7) is 0.871. The van der Waals surface area contributed by atoms with Gasteiger partial charge in [-0.2, -0.15) is 15.0 Å². The summed E-state index contributed by atoms with van der Waals surface area (Å²) in [5.74, 6) is 1.93. The Morgan fingerprint density at radius 3 is 2.22 bits per heavy atom. The van der Waals surface area contributed by atoms with Crippen molar-refractivity contribution >= 4 is 23.5 Å². The molecule has 0 saturated carbocycles. The standard InChI is InChI=1S/C18H21N7O2/c1-27-15-4-2-14(3-5-15)22-18-24-16(20-10-11-26)23-17(25-18)21-12-13-6-8-19-9-7-13/h2-9,26H,10-12H2,1H3,(H3,20,21,22,23,24,25). The lowest BCUT2D eigenvalue weighted by atomic mass is 10.3. The van der Waals surface area contributed by atoms with Crippen molar-refractivity contribution in [1.82, 2.24) is 19.9 Å². The number of anilines is 4. The van der Waals surface area contributed by atoms with Crippen LogP contribution in [0.15, 0.2) is 48.8 Å². The Morgan fingerprint density at radius 1 is 0.889 bits per heavy atom. The van der Waals surface area contributed by atoms with E-state index in [4.69, 9.17) is 9.84 Å². The van der Waals surface area contributed by atoms with Crippen molar-refractivity contribution in [2.75, 3.05) is 36.2 Å². The smallest absolute Gasteiger partial charge is 0.233 e. The summed E-state index contributed by atoms with van der Waals surface area (Å²) in [6, 6.07) is 11.3. The van der Waals surface area contributed by atoms with Crippen LogP contribution in [0.4, 0.5) is 23.5 Å². The highest BCUT2D eigenvalue weighted by Crippen LogP contribution is 2.19. The van der Waals surface area contributed by atoms with Gasteiger partial charge in [-0.05, 0) is 42.0 Å². The lowest BCUT2D eigenvalue weighted by molar-refractivity contribution is 0.311. The van der Waals surface area contributed by atoms with E-state index in [1.165, 1.54) is 0 Å². The van der Waals surface area contributed by atoms with E-state index in [1.807, 2.05) is 36.4 Å². The van der Waals surface area contributed by atoms with Gasteiger partial charge in [-0.25, -0.2) is 0 Å². The first kappa shape index (κ1) is 18.3. The van der Waals surface area contributed by atoms with E-state index < -0.39 is 0 Å². The summed E-state index contributed by atoms with van der Waals surface area (Å²) < 4.78 is 5.16. The van der Waals surface area contributed by atoms with Gasteiger partial charge in [0, 0.05) is 31.2 Å². The second-order valence-corrected chi connectivity index (χ2v) is 5.52. The Bertz CT molecular complexity index is 844. The van der Waals surface area contributed by atoms with Crippen LogP contribution in [0.2, 0.25) is 0 Å². The van der Waals surface area contributed by atoms with Crippen molar-refractivity contribution in [2.45, 2.75) is 6.54 Å². The average Bonchev–Trinajstić information content (AvgIpc) is 2.72. The van der Waals surface area contributed by atoms with Gasteiger partial charge in [0.05, 0.1) is 13.7 Å². The van der Waals surface area contributed by atoms with Crippen LogP contribution in [0.1, 0.15) is 5.56 Å². The monoisotopic (exact) mass is 367 g/mol. The molecular formula is C18H21N7O2. The summed E-state index contributed by atoms with van der Waals surface area (Å²) in [5, 5.41) is 18.3. The number of pyridine rings is 1. The number of nitrogens with one attached hydrogen (secondary N) is 3. The normalized spacial score (nSPS) is 10.3. The predicted octanol–water partition coefficient (Wildman–Crippen LogP) is 2.04. The fraction of sp³-hybridized carbons (Fsp3) is 0.222. The molecule has 0 bridgehead atoms. The van der Waals surface area contributed by atoms with Crippen LogP contribution in [0.25, 0.3) is 0 Å². The molecule has 0 fully saturated rings. The molecule has 0 radical (unpaired) electrons. The van der Waals surface area contributed by atoms with Crippen LogP contribution in [-0.4, -0.2) is 45.3 Å². The Kier molecular flexibility index (Phi) is 6.31. The molecule has 0 aliphatic carbocycles. The van der Waals surface area contributed by atoms with E-state index in [1.54, 1.807) is 19.5 Å². The van der Waals surface area contributed by atoms with Crippen LogP contribution in [0, 0.1) is 0 Å². The molecule has 0 spiro atoms. The van der Waals surface area contributed by atoms with Gasteiger partial charge in [0.25, 0.3) is 0 Å². The number of rotatable bonds is 9. The third kappa shape index (κ3) is 5.51. The average molecular weight is 367 g/mol. The summed E-state index contributed by atoms with van der Waals surface area (Å²) in [6.07, 6.45) is 3.46. The summed E-state index contributed by atoms with van der Waals surface area (Å²) in [4.78, 5) is 17.1. The minimum absolute atomic E-state index is 0.0211. The molecular weight excluding hydrogens is 346 g/mol. The van der Waals surface area contributed by atoms with E-state index in [9.17, 15) is 0 Å². The number of ether oxygens (including phenoxy) is 1. The fourth-order valence-electron chi connectivity index (χ4n) is 2.24. The van der Waals surface area contributed by atoms with Gasteiger partial charge in [0.2, 0.25) is 17.8 Å². The molecule has 2 heterocycles. The Labute approximate surface area is 156 Å². The van der Waals surface area contributed by atoms with Gasteiger partial charge in [-0.1, -0.05) is 0 Å². The molecule has 9 nitrogen and oxygen atoms in total. The molecule has 3 rings (SSSR count). The quantitative estimate of drug-likeness (QED) is 0.450. The summed E-state index contributed by atoms with van der Waals surface area (Å²) in [7, 11) is 1.62. The highest BCUT2D eigenvalue weighted by Gasteiger charge is 2.07. The maximum Gasteiger partial charge on any atom is 0.233 e. The fourth-order valence-corrected chi connectivity index (χ4v) is 2.24. The van der Waals surface area contributed by atoms with E-state index in [0.717, 1.165) is 17.0 Å². The number of hydrogen-bond acceptors (Lipinski definition) is 9. The van der Waals surface area contributed by atoms with Crippen LogP contribution in [0.5, 0.6) is 5.75 Å². The number of nitrogens with zero attached hydrogens (tertiary/aromatic N) is 4. The van der Waals surface area contributed by atoms with Gasteiger partial charge in [-0.15, -0.1) is 0 Å². The summed E-state index contributed by atoms with van der Waals surface area (Å²) in [5.41, 5.74) is 1.87. The molecule has 3 aromatic rings. The number of aliphatic hydroxyl groups excluding tert-OH is 1. The minimum atomic E-state index is -0.0211. The third-order valence-electron chi connectivity index (χ3n) is 3.58. The lowest BCUT2D eigenvalue weighted by Crippen LogP contribution is -2.13. The Balaban J connectivity index is 1.76. The lowest BCUT2D eigenvalue weighted by Gasteiger charge is -2.11. The van der Waals surface area contributed by atoms with E-state index in [-0.39, 0.29) is 6.61 Å². The third-order valence-corrected chi connectivity index (χ3v) is 3.58. The van der Waals surface area contributed by atoms with Crippen molar-refractivity contribution in [3.63, 3.8) is 0 Å². The van der Waals surface area contributed by atoms with Crippen LogP contribution < -0.4 is 20.7 Å². The molecule has 0 atom stereocenters. The van der Waals surface area contributed by atoms with Gasteiger partial charge >= 0.3 is 0 Å². The van der Waals surface area contributed by atoms with Crippen molar-refractivity contribution in [3.8, 4) is 5.75 Å². The number of methoxy groups -OCH3 is 1. The predicted molar refractivity (Wildman–Crippen MR) is 103 cm³/mol. The van der Waals surface area contributed by atoms with E-state index in [0.29, 0.717) is 30.9 Å². The molecule has 2 aromatic heterocycles. The van der Waals surface area contributed by atoms with Crippen molar-refractivity contribution in [1.29, 1.82) is 0 Å². The van der Waals surface area contributed by atoms with Crippen molar-refractivity contribution in [3.05, 3.63) is 54.4 Å². The number of hydrogen-bond donors (Lipinski definition) is 4. The van der Waals surface area contributed by atoms with Crippen LogP contribution in [-0.2, 0) is 6.54 Å². The van der Waals surface area contributed by atoms with Crippen LogP contribution in [0.3, 0.4) is 0 Å². The van der Waals surface area contributed by atoms with Gasteiger partial charge in [0.1, 0.15) is 5.75 Å². The molecule has 0 amide bonds. The zero-order chi connectivity index (χ0) is 18.9. The molecule has 0 aliphatic rings. The van der Waals surface area contributed by atoms with Crippen molar-refractivity contribution < 1.29 is 9.84 Å². The zero-order valence-electron chi connectivity index (χ0n) is 14.9. The molecule has 140 valence electrons. The molecule has 9 heteroatoms. The summed E-state index contributed by atoms with van der Waals surface area (Å²) >= 11 is 0. The molecule has 27 heavy (non-hydrogen) atoms. The largest absolute Gasteiger partial charge is 0.497 e. The van der Waals surface area contributed by atoms with E-state index in [2.05, 4.69) is 35.9 Å². The zero-order valence-corrected chi connectivity index (χ0v) is 14.9. The first-order valence-electron chi connectivity index (χ1n) is 8.41. The molecule has 0 saturated heterocycles. The minimum Gasteiger partial charge on any atom is -0.497 e. The molecule has 4 N–H and O–H groups in total.